The summed E-state index contributed by atoms with van der Waals surface area (Å²) in [7, 11) is -3.89. The zero-order valence-corrected chi connectivity index (χ0v) is 17.0. The number of rotatable bonds is 7. The van der Waals surface area contributed by atoms with Crippen molar-refractivity contribution in [2.24, 2.45) is 5.11 Å². The van der Waals surface area contributed by atoms with Crippen LogP contribution in [0.25, 0.3) is 10.4 Å². The van der Waals surface area contributed by atoms with Crippen LogP contribution in [-0.2, 0) is 31.4 Å². The van der Waals surface area contributed by atoms with Gasteiger partial charge in [0.05, 0.1) is 12.1 Å². The molecule has 0 aromatic heterocycles. The molecule has 2 aromatic carbocycles. The third kappa shape index (κ3) is 6.21. The molecule has 0 unspecified atom stereocenters. The van der Waals surface area contributed by atoms with Gasteiger partial charge < -0.3 is 9.64 Å². The lowest BCUT2D eigenvalue weighted by Gasteiger charge is -2.35. The van der Waals surface area contributed by atoms with Crippen LogP contribution in [0, 0.1) is 0 Å². The van der Waals surface area contributed by atoms with Crippen molar-refractivity contribution < 1.29 is 22.1 Å². The van der Waals surface area contributed by atoms with E-state index >= 15 is 0 Å². The Balaban J connectivity index is 1.59. The molecule has 0 N–H and O–H groups in total. The summed E-state index contributed by atoms with van der Waals surface area (Å²) in [4.78, 5) is 16.5. The lowest BCUT2D eigenvalue weighted by molar-refractivity contribution is 0.0559. The average Bonchev–Trinajstić information content (AvgIpc) is 2.74. The second kappa shape index (κ2) is 10.1. The highest BCUT2D eigenvalue weighted by Gasteiger charge is 2.35. The van der Waals surface area contributed by atoms with Crippen LogP contribution in [0.3, 0.4) is 0 Å². The van der Waals surface area contributed by atoms with Gasteiger partial charge in [0.15, 0.2) is 0 Å². The minimum absolute atomic E-state index is 0.0171. The van der Waals surface area contributed by atoms with Crippen molar-refractivity contribution in [1.82, 2.24) is 4.90 Å². The van der Waals surface area contributed by atoms with Gasteiger partial charge in [0.1, 0.15) is 12.4 Å². The summed E-state index contributed by atoms with van der Waals surface area (Å²) >= 11 is 0. The van der Waals surface area contributed by atoms with Crippen molar-refractivity contribution in [3.8, 4) is 0 Å². The maximum atomic E-state index is 12.4. The fourth-order valence-corrected chi connectivity index (χ4v) is 4.45. The number of azide groups is 1. The molecule has 1 aliphatic rings. The summed E-state index contributed by atoms with van der Waals surface area (Å²) in [6, 6.07) is 17.1. The molecular weight excluding hydrogens is 408 g/mol. The largest absolute Gasteiger partial charge is 0.445 e. The summed E-state index contributed by atoms with van der Waals surface area (Å²) < 4.78 is 35.5. The Morgan fingerprint density at radius 2 is 1.73 bits per heavy atom. The van der Waals surface area contributed by atoms with Crippen molar-refractivity contribution in [2.45, 2.75) is 30.9 Å². The molecule has 0 spiro atoms. The summed E-state index contributed by atoms with van der Waals surface area (Å²) in [5.41, 5.74) is 10.3. The summed E-state index contributed by atoms with van der Waals surface area (Å²) in [5.74, 6) is -0.282. The van der Waals surface area contributed by atoms with Crippen LogP contribution in [0.2, 0.25) is 0 Å². The standard InChI is InChI=1S/C20H22N4O5S/c21-23-22-18-13-24(20(25)28-14-16-7-3-1-4-8-16)12-11-19(18)29-30(26,27)15-17-9-5-2-6-10-17/h1-10,18-19H,11-15H2/t18-,19-/m1/s1. The molecular formula is C20H22N4O5S. The minimum atomic E-state index is -3.89. The maximum Gasteiger partial charge on any atom is 0.410 e. The minimum Gasteiger partial charge on any atom is -0.445 e. The van der Waals surface area contributed by atoms with E-state index in [9.17, 15) is 13.2 Å². The number of carbonyl (C=O) groups excluding carboxylic acids is 1. The van der Waals surface area contributed by atoms with E-state index in [-0.39, 0.29) is 31.9 Å². The van der Waals surface area contributed by atoms with Crippen molar-refractivity contribution in [1.29, 1.82) is 0 Å². The van der Waals surface area contributed by atoms with Gasteiger partial charge in [-0.2, -0.15) is 8.42 Å². The van der Waals surface area contributed by atoms with Gasteiger partial charge in [-0.15, -0.1) is 0 Å². The molecule has 2 aromatic rings. The fraction of sp³-hybridized carbons (Fsp3) is 0.350. The van der Waals surface area contributed by atoms with E-state index in [2.05, 4.69) is 10.0 Å². The van der Waals surface area contributed by atoms with E-state index < -0.39 is 28.4 Å². The van der Waals surface area contributed by atoms with Crippen LogP contribution < -0.4 is 0 Å². The predicted molar refractivity (Wildman–Crippen MR) is 110 cm³/mol. The van der Waals surface area contributed by atoms with Gasteiger partial charge in [0.25, 0.3) is 10.1 Å². The Kier molecular flexibility index (Phi) is 7.29. The average molecular weight is 430 g/mol. The molecule has 158 valence electrons. The first kappa shape index (κ1) is 21.6. The van der Waals surface area contributed by atoms with E-state index in [1.165, 1.54) is 4.90 Å². The number of hydrogen-bond donors (Lipinski definition) is 0. The van der Waals surface area contributed by atoms with E-state index in [1.54, 1.807) is 30.3 Å². The second-order valence-electron chi connectivity index (χ2n) is 6.87. The fourth-order valence-electron chi connectivity index (χ4n) is 3.18. The van der Waals surface area contributed by atoms with Crippen molar-refractivity contribution in [3.05, 3.63) is 82.2 Å². The zero-order valence-electron chi connectivity index (χ0n) is 16.2. The molecule has 9 nitrogen and oxygen atoms in total. The quantitative estimate of drug-likeness (QED) is 0.287. The Hall–Kier alpha value is -3.07. The zero-order chi connectivity index (χ0) is 21.4. The smallest absolute Gasteiger partial charge is 0.410 e. The molecule has 2 atom stereocenters. The van der Waals surface area contributed by atoms with Crippen LogP contribution in [-0.4, -0.2) is 44.6 Å². The Morgan fingerprint density at radius 3 is 2.37 bits per heavy atom. The van der Waals surface area contributed by atoms with Gasteiger partial charge >= 0.3 is 6.09 Å². The lowest BCUT2D eigenvalue weighted by Crippen LogP contribution is -2.49. The van der Waals surface area contributed by atoms with Gasteiger partial charge in [-0.25, -0.2) is 4.79 Å². The molecule has 30 heavy (non-hydrogen) atoms. The first-order valence-corrected chi connectivity index (χ1v) is 11.0. The number of piperidine rings is 1. The van der Waals surface area contributed by atoms with Gasteiger partial charge in [0, 0.05) is 18.0 Å². The maximum absolute atomic E-state index is 12.4. The molecule has 0 bridgehead atoms. The van der Waals surface area contributed by atoms with Crippen LogP contribution in [0.1, 0.15) is 17.5 Å². The van der Waals surface area contributed by atoms with E-state index in [4.69, 9.17) is 14.5 Å². The van der Waals surface area contributed by atoms with Gasteiger partial charge in [0.2, 0.25) is 0 Å². The first-order chi connectivity index (χ1) is 14.5. The van der Waals surface area contributed by atoms with E-state index in [1.807, 2.05) is 30.3 Å². The van der Waals surface area contributed by atoms with Gasteiger partial charge in [-0.1, -0.05) is 65.8 Å². The Morgan fingerprint density at radius 1 is 1.10 bits per heavy atom. The topological polar surface area (TPSA) is 122 Å². The monoisotopic (exact) mass is 430 g/mol. The molecule has 1 aliphatic heterocycles. The van der Waals surface area contributed by atoms with Crippen molar-refractivity contribution in [3.63, 3.8) is 0 Å². The first-order valence-electron chi connectivity index (χ1n) is 9.41. The number of carbonyl (C=O) groups is 1. The number of hydrogen-bond acceptors (Lipinski definition) is 6. The van der Waals surface area contributed by atoms with Crippen LogP contribution in [0.4, 0.5) is 4.79 Å². The Bertz CT molecular complexity index is 994. The molecule has 0 aliphatic carbocycles. The highest BCUT2D eigenvalue weighted by molar-refractivity contribution is 7.85. The molecule has 1 amide bonds. The van der Waals surface area contributed by atoms with E-state index in [0.29, 0.717) is 5.56 Å². The van der Waals surface area contributed by atoms with Crippen LogP contribution in [0.15, 0.2) is 65.8 Å². The molecule has 0 saturated carbocycles. The normalized spacial score (nSPS) is 19.0. The number of likely N-dealkylation sites (tertiary alicyclic amines) is 1. The van der Waals surface area contributed by atoms with Crippen molar-refractivity contribution >= 4 is 16.2 Å². The molecule has 1 saturated heterocycles. The third-order valence-electron chi connectivity index (χ3n) is 4.64. The lowest BCUT2D eigenvalue weighted by atomic mass is 10.0. The second-order valence-corrected chi connectivity index (χ2v) is 8.47. The molecule has 3 rings (SSSR count). The number of ether oxygens (including phenoxy) is 1. The molecule has 1 heterocycles. The SMILES string of the molecule is [N-]=[N+]=N[C@@H]1CN(C(=O)OCc2ccccc2)CC[C@H]1OS(=O)(=O)Cc1ccccc1. The predicted octanol–water partition coefficient (Wildman–Crippen LogP) is 3.62. The van der Waals surface area contributed by atoms with Crippen molar-refractivity contribution in [2.75, 3.05) is 13.1 Å². The number of benzene rings is 2. The highest BCUT2D eigenvalue weighted by Crippen LogP contribution is 2.22. The number of amides is 1. The van der Waals surface area contributed by atoms with Gasteiger partial charge in [-0.3, -0.25) is 4.18 Å². The van der Waals surface area contributed by atoms with Gasteiger partial charge in [-0.05, 0) is 23.1 Å². The molecule has 0 radical (unpaired) electrons. The third-order valence-corrected chi connectivity index (χ3v) is 5.87. The number of nitrogens with zero attached hydrogens (tertiary/aromatic N) is 4. The van der Waals surface area contributed by atoms with Crippen LogP contribution in [0.5, 0.6) is 0 Å². The molecule has 1 fully saturated rings. The van der Waals surface area contributed by atoms with Crippen LogP contribution >= 0.6 is 0 Å². The molecule has 10 heteroatoms. The summed E-state index contributed by atoms with van der Waals surface area (Å²) in [5, 5.41) is 3.65. The Labute approximate surface area is 175 Å². The highest BCUT2D eigenvalue weighted by atomic mass is 32.2. The summed E-state index contributed by atoms with van der Waals surface area (Å²) in [6.45, 7) is 0.369. The summed E-state index contributed by atoms with van der Waals surface area (Å²) in [6.07, 6.45) is -1.19. The van der Waals surface area contributed by atoms with E-state index in [0.717, 1.165) is 5.56 Å².